The van der Waals surface area contributed by atoms with E-state index >= 15 is 0 Å². The first-order valence-electron chi connectivity index (χ1n) is 3.27. The molecular weight excluding hydrogens is 126 g/mol. The van der Waals surface area contributed by atoms with E-state index in [-0.39, 0.29) is 5.60 Å². The second-order valence-corrected chi connectivity index (χ2v) is 3.02. The van der Waals surface area contributed by atoms with E-state index in [1.165, 1.54) is 0 Å². The lowest BCUT2D eigenvalue weighted by Crippen LogP contribution is -2.21. The molecule has 0 aromatic carbocycles. The third-order valence-electron chi connectivity index (χ3n) is 0.812. The predicted molar refractivity (Wildman–Crippen MR) is 42.5 cm³/mol. The Morgan fingerprint density at radius 2 is 2.10 bits per heavy atom. The molecule has 0 aliphatic heterocycles. The molecule has 0 fully saturated rings. The van der Waals surface area contributed by atoms with Gasteiger partial charge in [0.2, 0.25) is 0 Å². The van der Waals surface area contributed by atoms with Crippen molar-refractivity contribution in [1.82, 2.24) is 0 Å². The highest BCUT2D eigenvalue weighted by Crippen LogP contribution is 2.10. The van der Waals surface area contributed by atoms with Crippen molar-refractivity contribution in [3.8, 4) is 0 Å². The van der Waals surface area contributed by atoms with Crippen molar-refractivity contribution in [2.75, 3.05) is 6.54 Å². The maximum absolute atomic E-state index is 5.35. The molecule has 0 aliphatic carbocycles. The van der Waals surface area contributed by atoms with Gasteiger partial charge in [0.1, 0.15) is 5.60 Å². The van der Waals surface area contributed by atoms with Crippen LogP contribution in [0.4, 0.5) is 0 Å². The quantitative estimate of drug-likeness (QED) is 0.466. The van der Waals surface area contributed by atoms with Crippen LogP contribution in [-0.2, 0) is 4.74 Å². The summed E-state index contributed by atoms with van der Waals surface area (Å²) in [6.45, 7) is 9.69. The Kier molecular flexibility index (Phi) is 3.20. The summed E-state index contributed by atoms with van der Waals surface area (Å²) in [6.07, 6.45) is 0. The van der Waals surface area contributed by atoms with Crippen LogP contribution >= 0.6 is 0 Å². The van der Waals surface area contributed by atoms with Gasteiger partial charge < -0.3 is 10.5 Å². The van der Waals surface area contributed by atoms with Gasteiger partial charge in [-0.05, 0) is 20.8 Å². The average Bonchev–Trinajstić information content (AvgIpc) is 1.81. The Bertz CT molecular complexity index is 149. The van der Waals surface area contributed by atoms with Crippen molar-refractivity contribution in [2.24, 2.45) is 5.73 Å². The Balaban J connectivity index is 4.01. The molecule has 0 aromatic heterocycles. The van der Waals surface area contributed by atoms with E-state index in [4.69, 9.17) is 10.5 Å². The first-order valence-corrected chi connectivity index (χ1v) is 3.27. The Morgan fingerprint density at radius 1 is 1.60 bits per heavy atom. The predicted octanol–water partition coefficient (Wildman–Crippen LogP) is 1.43. The Morgan fingerprint density at radius 3 is 2.20 bits per heavy atom. The van der Waals surface area contributed by atoms with Gasteiger partial charge in [-0.2, -0.15) is 0 Å². The van der Waals surface area contributed by atoms with Crippen LogP contribution in [0, 0.1) is 0 Å². The molecule has 2 nitrogen and oxygen atoms in total. The molecule has 10 heavy (non-hydrogen) atoms. The molecule has 0 aromatic rings. The first kappa shape index (κ1) is 9.28. The van der Waals surface area contributed by atoms with Gasteiger partial charge in [0.15, 0.2) is 5.76 Å². The van der Waals surface area contributed by atoms with Gasteiger partial charge in [-0.25, -0.2) is 0 Å². The van der Waals surface area contributed by atoms with Crippen molar-refractivity contribution in [2.45, 2.75) is 26.4 Å². The molecule has 0 saturated heterocycles. The summed E-state index contributed by atoms with van der Waals surface area (Å²) in [6, 6.07) is 0. The monoisotopic (exact) mass is 141 g/mol. The largest absolute Gasteiger partial charge is 0.483 e. The minimum absolute atomic E-state index is 0.195. The fourth-order valence-corrected chi connectivity index (χ4v) is 0.520. The number of hydrogen-bond acceptors (Lipinski definition) is 2. The Labute approximate surface area is 62.4 Å². The molecule has 0 rings (SSSR count). The highest BCUT2D eigenvalue weighted by molar-refractivity contribution is 4.92. The fourth-order valence-electron chi connectivity index (χ4n) is 0.520. The van der Waals surface area contributed by atoms with Gasteiger partial charge in [-0.3, -0.25) is 0 Å². The van der Waals surface area contributed by atoms with Crippen molar-refractivity contribution in [3.05, 3.63) is 18.1 Å². The summed E-state index contributed by atoms with van der Waals surface area (Å²) in [7, 11) is 0. The van der Waals surface area contributed by atoms with Crippen LogP contribution in [0.5, 0.6) is 0 Å². The Hall–Kier alpha value is -0.720. The second-order valence-electron chi connectivity index (χ2n) is 3.02. The van der Waals surface area contributed by atoms with Crippen molar-refractivity contribution in [3.63, 3.8) is 0 Å². The second kappa shape index (κ2) is 3.45. The summed E-state index contributed by atoms with van der Waals surface area (Å²) in [5, 5.41) is 0. The molecule has 2 heteroatoms. The highest BCUT2D eigenvalue weighted by Gasteiger charge is 2.11. The zero-order chi connectivity index (χ0) is 8.20. The summed E-state index contributed by atoms with van der Waals surface area (Å²) < 4.78 is 5.35. The van der Waals surface area contributed by atoms with Crippen LogP contribution in [0.1, 0.15) is 20.8 Å². The van der Waals surface area contributed by atoms with E-state index in [1.807, 2.05) is 20.8 Å². The highest BCUT2D eigenvalue weighted by atomic mass is 16.5. The minimum atomic E-state index is -0.195. The molecular formula is C8H15NO. The molecule has 0 bridgehead atoms. The van der Waals surface area contributed by atoms with Gasteiger partial charge in [0, 0.05) is 0 Å². The summed E-state index contributed by atoms with van der Waals surface area (Å²) in [5.74, 6) is 0.618. The average molecular weight is 141 g/mol. The normalized spacial score (nSPS) is 10.4. The maximum Gasteiger partial charge on any atom is 0.152 e. The third kappa shape index (κ3) is 4.19. The van der Waals surface area contributed by atoms with E-state index in [2.05, 4.69) is 12.3 Å². The van der Waals surface area contributed by atoms with Gasteiger partial charge in [-0.1, -0.05) is 12.3 Å². The number of nitrogens with two attached hydrogens (primary N) is 1. The standard InChI is InChI=1S/C8H15NO/c1-5-7(6-9)10-8(2,3)4/h1,6,9H2,2-4H3. The van der Waals surface area contributed by atoms with E-state index in [0.29, 0.717) is 12.3 Å². The lowest BCUT2D eigenvalue weighted by Gasteiger charge is -2.21. The van der Waals surface area contributed by atoms with E-state index < -0.39 is 0 Å². The van der Waals surface area contributed by atoms with Crippen LogP contribution < -0.4 is 5.73 Å². The van der Waals surface area contributed by atoms with Crippen molar-refractivity contribution < 1.29 is 4.74 Å². The molecule has 0 heterocycles. The first-order chi connectivity index (χ1) is 4.49. The van der Waals surface area contributed by atoms with Crippen LogP contribution in [-0.4, -0.2) is 12.1 Å². The number of ether oxygens (including phenoxy) is 1. The van der Waals surface area contributed by atoms with Crippen LogP contribution in [0.2, 0.25) is 0 Å². The van der Waals surface area contributed by atoms with Gasteiger partial charge >= 0.3 is 0 Å². The fraction of sp³-hybridized carbons (Fsp3) is 0.625. The molecule has 0 aliphatic rings. The van der Waals surface area contributed by atoms with Crippen LogP contribution in [0.3, 0.4) is 0 Å². The zero-order valence-corrected chi connectivity index (χ0v) is 6.90. The molecule has 0 saturated carbocycles. The van der Waals surface area contributed by atoms with Crippen molar-refractivity contribution in [1.29, 1.82) is 0 Å². The van der Waals surface area contributed by atoms with Crippen molar-refractivity contribution >= 4 is 0 Å². The van der Waals surface area contributed by atoms with Crippen LogP contribution in [0.25, 0.3) is 0 Å². The molecule has 2 N–H and O–H groups in total. The maximum atomic E-state index is 5.35. The summed E-state index contributed by atoms with van der Waals surface area (Å²) >= 11 is 0. The van der Waals surface area contributed by atoms with Gasteiger partial charge in [0.25, 0.3) is 0 Å². The van der Waals surface area contributed by atoms with E-state index in [1.54, 1.807) is 0 Å². The number of rotatable bonds is 2. The molecule has 58 valence electrons. The summed E-state index contributed by atoms with van der Waals surface area (Å²) in [5.41, 5.74) is 7.76. The lowest BCUT2D eigenvalue weighted by molar-refractivity contribution is 0.0516. The summed E-state index contributed by atoms with van der Waals surface area (Å²) in [4.78, 5) is 0. The van der Waals surface area contributed by atoms with E-state index in [9.17, 15) is 0 Å². The smallest absolute Gasteiger partial charge is 0.152 e. The third-order valence-corrected chi connectivity index (χ3v) is 0.812. The SMILES string of the molecule is C=C=C(CN)OC(C)(C)C. The lowest BCUT2D eigenvalue weighted by atomic mass is 10.2. The van der Waals surface area contributed by atoms with E-state index in [0.717, 1.165) is 0 Å². The number of hydrogen-bond donors (Lipinski definition) is 1. The zero-order valence-electron chi connectivity index (χ0n) is 6.90. The topological polar surface area (TPSA) is 35.2 Å². The van der Waals surface area contributed by atoms with Crippen LogP contribution in [0.15, 0.2) is 18.1 Å². The molecule has 0 unspecified atom stereocenters. The minimum Gasteiger partial charge on any atom is -0.483 e. The molecule has 0 amide bonds. The molecule has 0 atom stereocenters. The molecule has 0 radical (unpaired) electrons. The van der Waals surface area contributed by atoms with Gasteiger partial charge in [-0.15, -0.1) is 0 Å². The molecule has 0 spiro atoms. The van der Waals surface area contributed by atoms with Gasteiger partial charge in [0.05, 0.1) is 6.54 Å².